The lowest BCUT2D eigenvalue weighted by atomic mass is 9.68. The Morgan fingerprint density at radius 3 is 2.41 bits per heavy atom. The molecular formula is C35H38NO+. The highest BCUT2D eigenvalue weighted by Crippen LogP contribution is 2.57. The molecule has 1 atom stereocenters. The monoisotopic (exact) mass is 507 g/mol. The standard InChI is InChI=1S/C35H38NO/c1-21(2)18-35(19-22(3)4)28-11-9-8-10-27(28)32-29(35)16-15-26-25-14-13-24(6)31(33(25)37-34(26)32)30-17-12-23(5)20-36(30)7/h8-17,20-22H,18-19H2,1-7H3/q+1/i1D3,2D3,3D3,4D3,5D3,18D2,21D,22D. The van der Waals surface area contributed by atoms with Crippen LogP contribution in [0.2, 0.25) is 0 Å². The van der Waals surface area contributed by atoms with Gasteiger partial charge in [-0.3, -0.25) is 0 Å². The number of aryl methyl sites for hydroxylation is 3. The second-order valence-corrected chi connectivity index (χ2v) is 9.62. The van der Waals surface area contributed by atoms with E-state index < -0.39 is 64.3 Å². The van der Waals surface area contributed by atoms with Gasteiger partial charge >= 0.3 is 0 Å². The third kappa shape index (κ3) is 3.56. The molecule has 0 saturated heterocycles. The molecule has 2 heterocycles. The molecule has 1 aliphatic rings. The van der Waals surface area contributed by atoms with Crippen LogP contribution in [0.3, 0.4) is 0 Å². The minimum absolute atomic E-state index is 0.0702. The molecule has 0 saturated carbocycles. The number of aromatic nitrogens is 1. The Bertz CT molecular complexity index is 2350. The number of hydrogen-bond donors (Lipinski definition) is 0. The van der Waals surface area contributed by atoms with Crippen molar-refractivity contribution in [1.82, 2.24) is 0 Å². The van der Waals surface area contributed by atoms with Crippen molar-refractivity contribution < 1.29 is 35.0 Å². The number of hydrogen-bond acceptors (Lipinski definition) is 1. The van der Waals surface area contributed by atoms with Crippen molar-refractivity contribution >= 4 is 21.9 Å². The van der Waals surface area contributed by atoms with E-state index >= 15 is 0 Å². The van der Waals surface area contributed by atoms with E-state index in [1.807, 2.05) is 13.0 Å². The van der Waals surface area contributed by atoms with Crippen molar-refractivity contribution in [3.63, 3.8) is 0 Å². The van der Waals surface area contributed by atoms with Gasteiger partial charge in [0.15, 0.2) is 6.20 Å². The normalized spacial score (nSPS) is 27.0. The number of pyridine rings is 1. The van der Waals surface area contributed by atoms with Gasteiger partial charge in [0.05, 0.1) is 5.56 Å². The molecule has 0 aliphatic heterocycles. The van der Waals surface area contributed by atoms with E-state index in [9.17, 15) is 4.11 Å². The van der Waals surface area contributed by atoms with E-state index in [0.717, 1.165) is 5.56 Å². The number of rotatable bonds is 5. The Morgan fingerprint density at radius 1 is 0.892 bits per heavy atom. The predicted molar refractivity (Wildman–Crippen MR) is 155 cm³/mol. The van der Waals surface area contributed by atoms with Gasteiger partial charge in [0.2, 0.25) is 5.69 Å². The fraction of sp³-hybridized carbons (Fsp3) is 0.343. The van der Waals surface area contributed by atoms with E-state index in [1.165, 1.54) is 42.6 Å². The zero-order chi connectivity index (χ0) is 42.2. The molecule has 2 aromatic heterocycles. The second-order valence-electron chi connectivity index (χ2n) is 9.62. The van der Waals surface area contributed by atoms with E-state index in [4.69, 9.17) is 26.3 Å². The van der Waals surface area contributed by atoms with E-state index in [-0.39, 0.29) is 33.4 Å². The van der Waals surface area contributed by atoms with Gasteiger partial charge in [-0.15, -0.1) is 0 Å². The lowest BCUT2D eigenvalue weighted by molar-refractivity contribution is -0.660. The average Bonchev–Trinajstić information content (AvgIpc) is 3.56. The first-order valence-electron chi connectivity index (χ1n) is 21.4. The van der Waals surface area contributed by atoms with E-state index in [2.05, 4.69) is 0 Å². The van der Waals surface area contributed by atoms with Crippen molar-refractivity contribution in [2.75, 3.05) is 0 Å². The van der Waals surface area contributed by atoms with Gasteiger partial charge in [-0.2, -0.15) is 0 Å². The molecule has 3 aromatic carbocycles. The fourth-order valence-electron chi connectivity index (χ4n) is 5.88. The third-order valence-electron chi connectivity index (χ3n) is 7.30. The topological polar surface area (TPSA) is 17.0 Å². The molecule has 6 rings (SSSR count). The summed E-state index contributed by atoms with van der Waals surface area (Å²) in [4.78, 5) is 0. The third-order valence-corrected chi connectivity index (χ3v) is 7.30. The fourth-order valence-corrected chi connectivity index (χ4v) is 5.88. The van der Waals surface area contributed by atoms with Crippen LogP contribution >= 0.6 is 0 Å². The molecule has 1 aliphatic carbocycles. The summed E-state index contributed by atoms with van der Waals surface area (Å²) >= 11 is 0. The molecule has 0 radical (unpaired) electrons. The van der Waals surface area contributed by atoms with Crippen molar-refractivity contribution in [2.24, 2.45) is 18.8 Å². The summed E-state index contributed by atoms with van der Waals surface area (Å²) in [5, 5.41) is 0.987. The maximum Gasteiger partial charge on any atom is 0.216 e. The van der Waals surface area contributed by atoms with Crippen molar-refractivity contribution in [1.29, 1.82) is 0 Å². The molecular weight excluding hydrogens is 450 g/mol. The molecule has 188 valence electrons. The zero-order valence-electron chi connectivity index (χ0n) is 39.4. The van der Waals surface area contributed by atoms with Crippen LogP contribution in [0.1, 0.15) is 88.5 Å². The van der Waals surface area contributed by atoms with Crippen LogP contribution in [-0.4, -0.2) is 0 Å². The SMILES string of the molecule is [2H]C([2H])([2H])c1ccc(-c2c(C)ccc3c2oc2c4c(ccc23)C(CC([2H])(C([2H])([2H])[2H])C([2H])([2H])[2H])(C([2H])([2H])C([2H])(C([2H])([2H])[2H])C([2H])([2H])[2H])c2ccccc2-4)[n+](C)c1. The van der Waals surface area contributed by atoms with Gasteiger partial charge in [0.1, 0.15) is 18.2 Å². The van der Waals surface area contributed by atoms with Crippen molar-refractivity contribution in [3.05, 3.63) is 89.1 Å². The van der Waals surface area contributed by atoms with Gasteiger partial charge in [0.25, 0.3) is 0 Å². The molecule has 2 nitrogen and oxygen atoms in total. The maximum absolute atomic E-state index is 9.70. The van der Waals surface area contributed by atoms with Crippen molar-refractivity contribution in [2.45, 2.75) is 59.4 Å². The molecule has 0 spiro atoms. The molecule has 0 bridgehead atoms. The lowest BCUT2D eigenvalue weighted by Crippen LogP contribution is -2.31. The lowest BCUT2D eigenvalue weighted by Gasteiger charge is -2.35. The quantitative estimate of drug-likeness (QED) is 0.217. The van der Waals surface area contributed by atoms with Crippen molar-refractivity contribution in [3.8, 4) is 22.4 Å². The highest BCUT2D eigenvalue weighted by Gasteiger charge is 2.45. The summed E-state index contributed by atoms with van der Waals surface area (Å²) in [6, 6.07) is 15.2. The largest absolute Gasteiger partial charge is 0.454 e. The van der Waals surface area contributed by atoms with Crippen LogP contribution in [0.4, 0.5) is 0 Å². The smallest absolute Gasteiger partial charge is 0.216 e. The first-order chi connectivity index (χ1) is 25.3. The summed E-state index contributed by atoms with van der Waals surface area (Å²) in [5.41, 5.74) is -0.829. The van der Waals surface area contributed by atoms with Crippen LogP contribution in [0, 0.1) is 25.6 Å². The van der Waals surface area contributed by atoms with Gasteiger partial charge in [-0.25, -0.2) is 4.57 Å². The van der Waals surface area contributed by atoms with Gasteiger partial charge in [0, 0.05) is 59.4 Å². The minimum Gasteiger partial charge on any atom is -0.454 e. The van der Waals surface area contributed by atoms with Crippen LogP contribution in [0.5, 0.6) is 0 Å². The highest BCUT2D eigenvalue weighted by atomic mass is 16.3. The van der Waals surface area contributed by atoms with Crippen LogP contribution in [0.25, 0.3) is 44.3 Å². The summed E-state index contributed by atoms with van der Waals surface area (Å²) in [6.07, 6.45) is -3.86. The Kier molecular flexibility index (Phi) is 2.50. The number of furan rings is 1. The van der Waals surface area contributed by atoms with E-state index in [0.29, 0.717) is 27.6 Å². The van der Waals surface area contributed by atoms with Gasteiger partial charge < -0.3 is 4.42 Å². The second kappa shape index (κ2) is 8.58. The zero-order valence-corrected chi connectivity index (χ0v) is 20.4. The molecule has 37 heavy (non-hydrogen) atoms. The summed E-state index contributed by atoms with van der Waals surface area (Å²) in [5.74, 6) is -7.55. The Hall–Kier alpha value is -3.39. The number of fused-ring (bicyclic) bond motifs is 7. The van der Waals surface area contributed by atoms with Gasteiger partial charge in [-0.05, 0) is 66.7 Å². The average molecular weight is 508 g/mol. The molecule has 2 heteroatoms. The molecule has 0 fully saturated rings. The number of benzene rings is 3. The summed E-state index contributed by atoms with van der Waals surface area (Å²) < 4.78 is 169. The van der Waals surface area contributed by atoms with Crippen LogP contribution in [0.15, 0.2) is 71.3 Å². The highest BCUT2D eigenvalue weighted by molar-refractivity contribution is 6.14. The van der Waals surface area contributed by atoms with Crippen LogP contribution < -0.4 is 4.57 Å². The molecule has 1 unspecified atom stereocenters. The maximum atomic E-state index is 9.70. The molecule has 5 aromatic rings. The Morgan fingerprint density at radius 2 is 1.65 bits per heavy atom. The molecule has 0 N–H and O–H groups in total. The van der Waals surface area contributed by atoms with E-state index in [1.54, 1.807) is 29.8 Å². The van der Waals surface area contributed by atoms with Crippen LogP contribution in [-0.2, 0) is 12.5 Å². The Balaban J connectivity index is 1.80. The number of nitrogens with zero attached hydrogens (tertiary/aromatic N) is 1. The molecule has 0 amide bonds. The first kappa shape index (κ1) is 10.8. The first-order valence-corrected chi connectivity index (χ1v) is 11.9. The summed E-state index contributed by atoms with van der Waals surface area (Å²) in [6.45, 7) is -15.7. The summed E-state index contributed by atoms with van der Waals surface area (Å²) in [7, 11) is 1.67. The Labute approximate surface area is 247 Å². The minimum atomic E-state index is -4.02. The predicted octanol–water partition coefficient (Wildman–Crippen LogP) is 9.05. The van der Waals surface area contributed by atoms with Gasteiger partial charge in [-0.1, -0.05) is 75.9 Å².